The van der Waals surface area contributed by atoms with Gasteiger partial charge in [-0.15, -0.1) is 0 Å². The largest absolute Gasteiger partial charge is 0.490 e. The Balaban J connectivity index is 1.59. The lowest BCUT2D eigenvalue weighted by Crippen LogP contribution is -2.31. The number of nitrogens with zero attached hydrogens (tertiary/aromatic N) is 6. The van der Waals surface area contributed by atoms with Crippen molar-refractivity contribution in [3.05, 3.63) is 76.6 Å². The van der Waals surface area contributed by atoms with Crippen molar-refractivity contribution in [2.75, 3.05) is 13.2 Å². The molecule has 3 aromatic heterocycles. The van der Waals surface area contributed by atoms with Gasteiger partial charge in [0, 0.05) is 24.6 Å². The summed E-state index contributed by atoms with van der Waals surface area (Å²) >= 11 is 0. The highest BCUT2D eigenvalue weighted by Gasteiger charge is 2.30. The zero-order valence-corrected chi connectivity index (χ0v) is 18.6. The van der Waals surface area contributed by atoms with Crippen LogP contribution in [0.2, 0.25) is 0 Å². The van der Waals surface area contributed by atoms with Gasteiger partial charge in [-0.1, -0.05) is 12.1 Å². The molecule has 0 spiro atoms. The Morgan fingerprint density at radius 1 is 1.14 bits per heavy atom. The summed E-state index contributed by atoms with van der Waals surface area (Å²) in [5.41, 5.74) is 7.99. The number of fused-ring (bicyclic) bond motifs is 3. The van der Waals surface area contributed by atoms with E-state index in [2.05, 4.69) is 9.97 Å². The van der Waals surface area contributed by atoms with Crippen molar-refractivity contribution in [1.29, 1.82) is 0 Å². The zero-order valence-electron chi connectivity index (χ0n) is 18.6. The molecule has 4 heterocycles. The topological polar surface area (TPSA) is 106 Å². The van der Waals surface area contributed by atoms with Gasteiger partial charge >= 0.3 is 5.69 Å². The first-order valence-electron chi connectivity index (χ1n) is 11.3. The Hall–Kier alpha value is -4.12. The SMILES string of the molecule is NCCCn1c(=O)n(C2CCOc3c(F)cccc32)c2nc(-n3cnc4ccc(F)cc43)ncc21. The van der Waals surface area contributed by atoms with E-state index in [1.54, 1.807) is 38.1 Å². The van der Waals surface area contributed by atoms with Gasteiger partial charge in [0.1, 0.15) is 17.7 Å². The average Bonchev–Trinajstić information content (AvgIpc) is 3.40. The number of hydrogen-bond donors (Lipinski definition) is 1. The molecule has 11 heteroatoms. The van der Waals surface area contributed by atoms with E-state index in [4.69, 9.17) is 15.5 Å². The number of ether oxygens (including phenoxy) is 1. The number of nitrogens with two attached hydrogens (primary N) is 1. The third-order valence-corrected chi connectivity index (χ3v) is 6.31. The van der Waals surface area contributed by atoms with Crippen LogP contribution in [0.4, 0.5) is 8.78 Å². The van der Waals surface area contributed by atoms with Crippen molar-refractivity contribution in [1.82, 2.24) is 28.7 Å². The van der Waals surface area contributed by atoms with E-state index in [9.17, 15) is 13.6 Å². The number of aromatic nitrogens is 6. The first-order chi connectivity index (χ1) is 17.1. The molecule has 0 saturated carbocycles. The van der Waals surface area contributed by atoms with Crippen LogP contribution in [-0.2, 0) is 6.54 Å². The number of benzene rings is 2. The highest BCUT2D eigenvalue weighted by Crippen LogP contribution is 2.37. The van der Waals surface area contributed by atoms with E-state index in [1.165, 1.54) is 24.5 Å². The minimum absolute atomic E-state index is 0.142. The van der Waals surface area contributed by atoms with E-state index >= 15 is 0 Å². The number of rotatable bonds is 5. The first-order valence-corrected chi connectivity index (χ1v) is 11.3. The van der Waals surface area contributed by atoms with Crippen LogP contribution in [-0.4, -0.2) is 41.8 Å². The lowest BCUT2D eigenvalue weighted by Gasteiger charge is -2.26. The molecule has 1 unspecified atom stereocenters. The fraction of sp³-hybridized carbons (Fsp3) is 0.250. The number of halogens is 2. The Kier molecular flexibility index (Phi) is 5.06. The lowest BCUT2D eigenvalue weighted by molar-refractivity contribution is 0.243. The van der Waals surface area contributed by atoms with Gasteiger partial charge in [-0.05, 0) is 31.2 Å². The first kappa shape index (κ1) is 21.4. The maximum atomic E-state index is 14.5. The Morgan fingerprint density at radius 2 is 2.03 bits per heavy atom. The van der Waals surface area contributed by atoms with Crippen molar-refractivity contribution >= 4 is 22.2 Å². The van der Waals surface area contributed by atoms with Gasteiger partial charge in [0.2, 0.25) is 5.95 Å². The monoisotopic (exact) mass is 477 g/mol. The van der Waals surface area contributed by atoms with E-state index in [0.717, 1.165) is 0 Å². The van der Waals surface area contributed by atoms with Crippen molar-refractivity contribution < 1.29 is 13.5 Å². The van der Waals surface area contributed by atoms with Crippen LogP contribution in [0, 0.1) is 11.6 Å². The molecule has 178 valence electrons. The second kappa shape index (κ2) is 8.27. The number of para-hydroxylation sites is 1. The van der Waals surface area contributed by atoms with Crippen LogP contribution in [0.3, 0.4) is 0 Å². The molecule has 1 aliphatic heterocycles. The summed E-state index contributed by atoms with van der Waals surface area (Å²) in [4.78, 5) is 27.1. The minimum Gasteiger partial charge on any atom is -0.490 e. The van der Waals surface area contributed by atoms with E-state index in [-0.39, 0.29) is 24.0 Å². The lowest BCUT2D eigenvalue weighted by atomic mass is 10.00. The second-order valence-corrected chi connectivity index (χ2v) is 8.38. The standard InChI is InChI=1S/C24H21F2N7O2/c25-14-5-6-17-19(11-14)32(13-29-17)23-28-12-20-22(30-23)33(24(34)31(20)9-2-8-27)18-7-10-35-21-15(18)3-1-4-16(21)26/h1,3-6,11-13,18H,2,7-10,27H2. The molecular formula is C24H21F2N7O2. The van der Waals surface area contributed by atoms with Crippen molar-refractivity contribution in [3.8, 4) is 11.7 Å². The number of hydrogen-bond acceptors (Lipinski definition) is 6. The fourth-order valence-corrected chi connectivity index (χ4v) is 4.69. The molecule has 35 heavy (non-hydrogen) atoms. The fourth-order valence-electron chi connectivity index (χ4n) is 4.69. The Morgan fingerprint density at radius 3 is 2.89 bits per heavy atom. The molecular weight excluding hydrogens is 456 g/mol. The van der Waals surface area contributed by atoms with Gasteiger partial charge in [0.15, 0.2) is 17.2 Å². The van der Waals surface area contributed by atoms with Crippen molar-refractivity contribution in [3.63, 3.8) is 0 Å². The molecule has 2 aromatic carbocycles. The summed E-state index contributed by atoms with van der Waals surface area (Å²) in [6.45, 7) is 1.06. The normalized spacial score (nSPS) is 15.5. The van der Waals surface area contributed by atoms with Crippen LogP contribution in [0.1, 0.15) is 24.4 Å². The Labute approximate surface area is 197 Å². The molecule has 2 N–H and O–H groups in total. The third kappa shape index (κ3) is 3.38. The van der Waals surface area contributed by atoms with Crippen LogP contribution in [0.15, 0.2) is 53.7 Å². The smallest absolute Gasteiger partial charge is 0.330 e. The predicted octanol–water partition coefficient (Wildman–Crippen LogP) is 2.93. The summed E-state index contributed by atoms with van der Waals surface area (Å²) in [6.07, 6.45) is 4.14. The van der Waals surface area contributed by atoms with Crippen molar-refractivity contribution in [2.24, 2.45) is 5.73 Å². The van der Waals surface area contributed by atoms with Crippen molar-refractivity contribution in [2.45, 2.75) is 25.4 Å². The third-order valence-electron chi connectivity index (χ3n) is 6.31. The van der Waals surface area contributed by atoms with Crippen LogP contribution in [0.25, 0.3) is 28.1 Å². The molecule has 6 rings (SSSR count). The van der Waals surface area contributed by atoms with E-state index in [1.807, 2.05) is 0 Å². The van der Waals surface area contributed by atoms with E-state index in [0.29, 0.717) is 53.7 Å². The molecule has 1 atom stereocenters. The van der Waals surface area contributed by atoms with Gasteiger partial charge in [-0.25, -0.2) is 23.5 Å². The summed E-state index contributed by atoms with van der Waals surface area (Å²) < 4.78 is 38.7. The second-order valence-electron chi connectivity index (χ2n) is 8.38. The van der Waals surface area contributed by atoms with Gasteiger partial charge < -0.3 is 10.5 Å². The average molecular weight is 477 g/mol. The maximum Gasteiger partial charge on any atom is 0.330 e. The molecule has 0 bridgehead atoms. The number of aryl methyl sites for hydroxylation is 1. The van der Waals surface area contributed by atoms with E-state index < -0.39 is 17.7 Å². The molecule has 0 saturated heterocycles. The summed E-state index contributed by atoms with van der Waals surface area (Å²) in [6, 6.07) is 8.47. The highest BCUT2D eigenvalue weighted by atomic mass is 19.1. The quantitative estimate of drug-likeness (QED) is 0.417. The zero-order chi connectivity index (χ0) is 24.1. The summed E-state index contributed by atoms with van der Waals surface area (Å²) in [7, 11) is 0. The predicted molar refractivity (Wildman–Crippen MR) is 125 cm³/mol. The maximum absolute atomic E-state index is 14.5. The van der Waals surface area contributed by atoms with Gasteiger partial charge in [-0.3, -0.25) is 13.7 Å². The number of imidazole rings is 2. The molecule has 9 nitrogen and oxygen atoms in total. The molecule has 0 amide bonds. The van der Waals surface area contributed by atoms with Gasteiger partial charge in [0.25, 0.3) is 0 Å². The van der Waals surface area contributed by atoms with Crippen LogP contribution in [0.5, 0.6) is 5.75 Å². The molecule has 1 aliphatic rings. The molecule has 0 fully saturated rings. The van der Waals surface area contributed by atoms with Crippen LogP contribution < -0.4 is 16.2 Å². The summed E-state index contributed by atoms with van der Waals surface area (Å²) in [5, 5.41) is 0. The van der Waals surface area contributed by atoms with Crippen LogP contribution >= 0.6 is 0 Å². The molecule has 5 aromatic rings. The molecule has 0 aliphatic carbocycles. The summed E-state index contributed by atoms with van der Waals surface area (Å²) in [5.74, 6) is -0.508. The highest BCUT2D eigenvalue weighted by molar-refractivity contribution is 5.78. The molecule has 0 radical (unpaired) electrons. The Bertz CT molecular complexity index is 1640. The van der Waals surface area contributed by atoms with Gasteiger partial charge in [-0.2, -0.15) is 4.98 Å². The van der Waals surface area contributed by atoms with Gasteiger partial charge in [0.05, 0.1) is 29.9 Å². The minimum atomic E-state index is -0.483.